The number of aliphatic hydroxyl groups is 2. The normalized spacial score (nSPS) is 15.3. The lowest BCUT2D eigenvalue weighted by Gasteiger charge is -2.30. The van der Waals surface area contributed by atoms with Gasteiger partial charge in [0, 0.05) is 36.3 Å². The van der Waals surface area contributed by atoms with Crippen LogP contribution in [0.1, 0.15) is 48.3 Å². The van der Waals surface area contributed by atoms with Gasteiger partial charge in [-0.1, -0.05) is 72.8 Å². The number of aliphatic hydroxyl groups excluding tert-OH is 2. The Bertz CT molecular complexity index is 961. The largest absolute Gasteiger partial charge is 0.504 e. The van der Waals surface area contributed by atoms with Crippen molar-refractivity contribution in [2.75, 3.05) is 14.1 Å². The minimum absolute atomic E-state index is 0.157. The summed E-state index contributed by atoms with van der Waals surface area (Å²) in [4.78, 5) is 3.88. The molecule has 4 atom stereocenters. The summed E-state index contributed by atoms with van der Waals surface area (Å²) in [5, 5.41) is 42.8. The quantitative estimate of drug-likeness (QED) is 0.336. The Kier molecular flexibility index (Phi) is 8.69. The first-order valence-corrected chi connectivity index (χ1v) is 11.6. The molecule has 3 aromatic rings. The van der Waals surface area contributed by atoms with E-state index < -0.39 is 12.2 Å². The van der Waals surface area contributed by atoms with Gasteiger partial charge >= 0.3 is 0 Å². The Morgan fingerprint density at radius 2 is 0.912 bits per heavy atom. The van der Waals surface area contributed by atoms with Crippen LogP contribution in [0.25, 0.3) is 0 Å². The molecule has 0 radical (unpaired) electrons. The second-order valence-corrected chi connectivity index (χ2v) is 9.10. The fourth-order valence-corrected chi connectivity index (χ4v) is 4.08. The van der Waals surface area contributed by atoms with Crippen LogP contribution in [0.5, 0.6) is 11.5 Å². The molecule has 6 nitrogen and oxygen atoms in total. The van der Waals surface area contributed by atoms with Crippen molar-refractivity contribution >= 4 is 0 Å². The lowest BCUT2D eigenvalue weighted by atomic mass is 10.0. The topological polar surface area (TPSA) is 87.4 Å². The average Bonchev–Trinajstić information content (AvgIpc) is 2.87. The van der Waals surface area contributed by atoms with Gasteiger partial charge in [0.1, 0.15) is 0 Å². The Balaban J connectivity index is 1.67. The van der Waals surface area contributed by atoms with E-state index in [9.17, 15) is 20.4 Å². The molecule has 3 aromatic carbocycles. The highest BCUT2D eigenvalue weighted by atomic mass is 16.3. The number of likely N-dealkylation sites (N-methyl/N-ethyl adjacent to an activating group) is 2. The van der Waals surface area contributed by atoms with Crippen LogP contribution < -0.4 is 0 Å². The summed E-state index contributed by atoms with van der Waals surface area (Å²) in [6, 6.07) is 22.1. The second kappa shape index (κ2) is 11.5. The van der Waals surface area contributed by atoms with Crippen molar-refractivity contribution in [1.29, 1.82) is 0 Å². The third-order valence-corrected chi connectivity index (χ3v) is 6.74. The Morgan fingerprint density at radius 3 is 1.24 bits per heavy atom. The monoisotopic (exact) mass is 464 g/mol. The molecule has 0 aliphatic rings. The van der Waals surface area contributed by atoms with Gasteiger partial charge in [-0.25, -0.2) is 0 Å². The van der Waals surface area contributed by atoms with Crippen molar-refractivity contribution in [1.82, 2.24) is 9.80 Å². The third-order valence-electron chi connectivity index (χ3n) is 6.74. The highest BCUT2D eigenvalue weighted by Crippen LogP contribution is 2.35. The van der Waals surface area contributed by atoms with Crippen molar-refractivity contribution in [2.45, 2.75) is 51.2 Å². The molecule has 0 aliphatic heterocycles. The van der Waals surface area contributed by atoms with Crippen LogP contribution in [-0.2, 0) is 13.1 Å². The minimum Gasteiger partial charge on any atom is -0.504 e. The van der Waals surface area contributed by atoms with Gasteiger partial charge in [-0.2, -0.15) is 0 Å². The van der Waals surface area contributed by atoms with Gasteiger partial charge in [-0.15, -0.1) is 0 Å². The fraction of sp³-hybridized carbons (Fsp3) is 0.357. The molecule has 182 valence electrons. The van der Waals surface area contributed by atoms with Gasteiger partial charge < -0.3 is 20.4 Å². The molecule has 6 heteroatoms. The molecule has 0 fully saturated rings. The maximum Gasteiger partial charge on any atom is 0.162 e. The summed E-state index contributed by atoms with van der Waals surface area (Å²) in [7, 11) is 3.75. The highest BCUT2D eigenvalue weighted by Gasteiger charge is 2.24. The van der Waals surface area contributed by atoms with E-state index in [0.717, 1.165) is 11.1 Å². The van der Waals surface area contributed by atoms with Crippen molar-refractivity contribution in [3.05, 3.63) is 95.1 Å². The number of hydrogen-bond donors (Lipinski definition) is 4. The van der Waals surface area contributed by atoms with E-state index in [2.05, 4.69) is 0 Å². The predicted octanol–water partition coefficient (Wildman–Crippen LogP) is 4.21. The number of phenols is 2. The maximum absolute atomic E-state index is 10.7. The number of aromatic hydroxyl groups is 2. The zero-order chi connectivity index (χ0) is 24.8. The lowest BCUT2D eigenvalue weighted by molar-refractivity contribution is 0.0675. The first kappa shape index (κ1) is 25.7. The maximum atomic E-state index is 10.7. The summed E-state index contributed by atoms with van der Waals surface area (Å²) in [5.74, 6) is -0.314. The van der Waals surface area contributed by atoms with E-state index in [0.29, 0.717) is 24.2 Å². The molecule has 0 saturated carbocycles. The summed E-state index contributed by atoms with van der Waals surface area (Å²) >= 11 is 0. The fourth-order valence-electron chi connectivity index (χ4n) is 4.08. The van der Waals surface area contributed by atoms with Crippen LogP contribution in [0.15, 0.2) is 72.8 Å². The molecule has 0 spiro atoms. The molecule has 3 rings (SSSR count). The van der Waals surface area contributed by atoms with Crippen LogP contribution in [0.2, 0.25) is 0 Å². The van der Waals surface area contributed by atoms with Gasteiger partial charge in [0.25, 0.3) is 0 Å². The highest BCUT2D eigenvalue weighted by molar-refractivity contribution is 5.50. The molecule has 0 heterocycles. The van der Waals surface area contributed by atoms with Gasteiger partial charge in [0.2, 0.25) is 0 Å². The van der Waals surface area contributed by atoms with E-state index in [1.165, 1.54) is 0 Å². The molecular formula is C28H36N2O4. The van der Waals surface area contributed by atoms with Gasteiger partial charge in [-0.3, -0.25) is 9.80 Å². The third kappa shape index (κ3) is 5.96. The first-order chi connectivity index (χ1) is 16.2. The van der Waals surface area contributed by atoms with E-state index in [4.69, 9.17) is 0 Å². The molecular weight excluding hydrogens is 428 g/mol. The minimum atomic E-state index is -0.674. The van der Waals surface area contributed by atoms with Gasteiger partial charge in [0.15, 0.2) is 11.5 Å². The van der Waals surface area contributed by atoms with E-state index in [1.807, 2.05) is 98.4 Å². The molecule has 0 amide bonds. The summed E-state index contributed by atoms with van der Waals surface area (Å²) < 4.78 is 0. The Hall–Kier alpha value is -2.90. The van der Waals surface area contributed by atoms with Crippen LogP contribution in [-0.4, -0.2) is 56.4 Å². The van der Waals surface area contributed by atoms with E-state index >= 15 is 0 Å². The Morgan fingerprint density at radius 1 is 0.588 bits per heavy atom. The van der Waals surface area contributed by atoms with Crippen LogP contribution in [0.4, 0.5) is 0 Å². The van der Waals surface area contributed by atoms with E-state index in [-0.39, 0.29) is 23.6 Å². The molecule has 0 bridgehead atoms. The number of rotatable bonds is 10. The standard InChI is InChI=1S/C28H36N2O4/c1-19(25(31)21-11-7-5-8-12-21)29(3)17-23-15-16-24(28(34)27(23)33)18-30(4)20(2)26(32)22-13-9-6-10-14-22/h5-16,19-20,25-26,31-34H,17-18H2,1-4H3/t19-,20-,25-,26-/m0/s1. The summed E-state index contributed by atoms with van der Waals surface area (Å²) in [5.41, 5.74) is 2.82. The smallest absolute Gasteiger partial charge is 0.162 e. The van der Waals surface area contributed by atoms with Crippen molar-refractivity contribution in [3.63, 3.8) is 0 Å². The zero-order valence-corrected chi connectivity index (χ0v) is 20.3. The first-order valence-electron chi connectivity index (χ1n) is 11.6. The predicted molar refractivity (Wildman–Crippen MR) is 134 cm³/mol. The van der Waals surface area contributed by atoms with E-state index in [1.54, 1.807) is 12.1 Å². The average molecular weight is 465 g/mol. The Labute approximate surface area is 202 Å². The number of hydrogen-bond acceptors (Lipinski definition) is 6. The molecule has 0 saturated heterocycles. The molecule has 0 aromatic heterocycles. The molecule has 0 unspecified atom stereocenters. The SMILES string of the molecule is C[C@@H]([C@H](O)c1ccccc1)N(C)Cc1ccc(CN(C)[C@@H](C)[C@H](O)c2ccccc2)c(O)c1O. The number of benzene rings is 3. The van der Waals surface area contributed by atoms with Crippen LogP contribution >= 0.6 is 0 Å². The van der Waals surface area contributed by atoms with Crippen molar-refractivity contribution in [2.24, 2.45) is 0 Å². The summed E-state index contributed by atoms with van der Waals surface area (Å²) in [6.45, 7) is 4.59. The van der Waals surface area contributed by atoms with Crippen molar-refractivity contribution in [3.8, 4) is 11.5 Å². The second-order valence-electron chi connectivity index (χ2n) is 9.10. The molecule has 0 aliphatic carbocycles. The van der Waals surface area contributed by atoms with Crippen molar-refractivity contribution < 1.29 is 20.4 Å². The van der Waals surface area contributed by atoms with Crippen LogP contribution in [0, 0.1) is 0 Å². The van der Waals surface area contributed by atoms with Gasteiger partial charge in [0.05, 0.1) is 12.2 Å². The molecule has 4 N–H and O–H groups in total. The number of nitrogens with zero attached hydrogens (tertiary/aromatic N) is 2. The summed E-state index contributed by atoms with van der Waals surface area (Å²) in [6.07, 6.45) is -1.35. The zero-order valence-electron chi connectivity index (χ0n) is 20.3. The number of phenolic OH excluding ortho intramolecular Hbond substituents is 2. The van der Waals surface area contributed by atoms with Crippen LogP contribution in [0.3, 0.4) is 0 Å². The molecule has 34 heavy (non-hydrogen) atoms. The lowest BCUT2D eigenvalue weighted by Crippen LogP contribution is -2.34. The van der Waals surface area contributed by atoms with Gasteiger partial charge in [-0.05, 0) is 39.1 Å².